The minimum atomic E-state index is -0.934. The standard InChI is InChI=1S/C12H14F2N2O2/c1-6-10(2-3-18-6)16-12(17)7-4-8(13)11(15)9(14)5-7/h4-6,10H,2-3,15H2,1H3,(H,16,17). The number of carbonyl (C=O) groups is 1. The molecule has 1 heterocycles. The van der Waals surface area contributed by atoms with Gasteiger partial charge < -0.3 is 15.8 Å². The molecule has 98 valence electrons. The number of rotatable bonds is 2. The molecule has 0 saturated carbocycles. The normalized spacial score (nSPS) is 23.1. The summed E-state index contributed by atoms with van der Waals surface area (Å²) in [6.07, 6.45) is 0.588. The van der Waals surface area contributed by atoms with E-state index in [1.54, 1.807) is 0 Å². The zero-order chi connectivity index (χ0) is 13.3. The molecule has 1 aliphatic heterocycles. The summed E-state index contributed by atoms with van der Waals surface area (Å²) in [5, 5.41) is 2.68. The van der Waals surface area contributed by atoms with Crippen LogP contribution in [0.4, 0.5) is 14.5 Å². The van der Waals surface area contributed by atoms with Crippen LogP contribution in [0.15, 0.2) is 12.1 Å². The molecule has 2 unspecified atom stereocenters. The molecule has 2 rings (SSSR count). The third-order valence-electron chi connectivity index (χ3n) is 3.03. The Labute approximate surface area is 103 Å². The van der Waals surface area contributed by atoms with Crippen LogP contribution in [0.1, 0.15) is 23.7 Å². The lowest BCUT2D eigenvalue weighted by molar-refractivity contribution is 0.0865. The molecule has 1 fully saturated rings. The van der Waals surface area contributed by atoms with Crippen molar-refractivity contribution in [2.45, 2.75) is 25.5 Å². The van der Waals surface area contributed by atoms with E-state index in [9.17, 15) is 13.6 Å². The highest BCUT2D eigenvalue weighted by Crippen LogP contribution is 2.18. The van der Waals surface area contributed by atoms with Crippen LogP contribution in [0.2, 0.25) is 0 Å². The van der Waals surface area contributed by atoms with E-state index in [0.717, 1.165) is 12.1 Å². The second-order valence-corrected chi connectivity index (χ2v) is 4.30. The summed E-state index contributed by atoms with van der Waals surface area (Å²) in [7, 11) is 0. The number of nitrogen functional groups attached to an aromatic ring is 1. The summed E-state index contributed by atoms with van der Waals surface area (Å²) in [6.45, 7) is 2.40. The first-order valence-electron chi connectivity index (χ1n) is 5.66. The molecule has 3 N–H and O–H groups in total. The average molecular weight is 256 g/mol. The highest BCUT2D eigenvalue weighted by Gasteiger charge is 2.26. The van der Waals surface area contributed by atoms with Crippen LogP contribution in [0.3, 0.4) is 0 Å². The molecule has 0 radical (unpaired) electrons. The van der Waals surface area contributed by atoms with Gasteiger partial charge in [-0.1, -0.05) is 0 Å². The molecule has 0 aliphatic carbocycles. The summed E-state index contributed by atoms with van der Waals surface area (Å²) in [6, 6.07) is 1.71. The Morgan fingerprint density at radius 2 is 2.06 bits per heavy atom. The van der Waals surface area contributed by atoms with Gasteiger partial charge in [-0.05, 0) is 25.5 Å². The number of carbonyl (C=O) groups excluding carboxylic acids is 1. The Morgan fingerprint density at radius 3 is 2.56 bits per heavy atom. The van der Waals surface area contributed by atoms with Gasteiger partial charge in [-0.3, -0.25) is 4.79 Å². The van der Waals surface area contributed by atoms with Crippen molar-refractivity contribution < 1.29 is 18.3 Å². The Bertz CT molecular complexity index is 456. The summed E-state index contributed by atoms with van der Waals surface area (Å²) in [4.78, 5) is 11.8. The lowest BCUT2D eigenvalue weighted by Crippen LogP contribution is -2.39. The maximum atomic E-state index is 13.2. The number of hydrogen-bond donors (Lipinski definition) is 2. The molecule has 2 atom stereocenters. The molecule has 1 amide bonds. The van der Waals surface area contributed by atoms with Gasteiger partial charge in [-0.2, -0.15) is 0 Å². The van der Waals surface area contributed by atoms with E-state index in [-0.39, 0.29) is 17.7 Å². The van der Waals surface area contributed by atoms with Gasteiger partial charge in [-0.15, -0.1) is 0 Å². The predicted molar refractivity (Wildman–Crippen MR) is 62.1 cm³/mol. The Kier molecular flexibility index (Phi) is 3.47. The summed E-state index contributed by atoms with van der Waals surface area (Å²) in [5.41, 5.74) is 4.47. The van der Waals surface area contributed by atoms with Crippen molar-refractivity contribution in [1.29, 1.82) is 0 Å². The van der Waals surface area contributed by atoms with E-state index >= 15 is 0 Å². The number of hydrogen-bond acceptors (Lipinski definition) is 3. The van der Waals surface area contributed by atoms with Crippen molar-refractivity contribution in [3.05, 3.63) is 29.3 Å². The third-order valence-corrected chi connectivity index (χ3v) is 3.03. The molecule has 1 saturated heterocycles. The van der Waals surface area contributed by atoms with Crippen molar-refractivity contribution >= 4 is 11.6 Å². The molecule has 18 heavy (non-hydrogen) atoms. The lowest BCUT2D eigenvalue weighted by Gasteiger charge is -2.16. The summed E-state index contributed by atoms with van der Waals surface area (Å²) >= 11 is 0. The maximum absolute atomic E-state index is 13.2. The topological polar surface area (TPSA) is 64.3 Å². The van der Waals surface area contributed by atoms with Gasteiger partial charge in [0, 0.05) is 12.2 Å². The number of amides is 1. The third kappa shape index (κ3) is 2.43. The molecule has 0 aromatic heterocycles. The second-order valence-electron chi connectivity index (χ2n) is 4.30. The van der Waals surface area contributed by atoms with Crippen molar-refractivity contribution in [3.8, 4) is 0 Å². The van der Waals surface area contributed by atoms with Gasteiger partial charge in [0.1, 0.15) is 17.3 Å². The summed E-state index contributed by atoms with van der Waals surface area (Å²) in [5.74, 6) is -2.40. The first-order valence-corrected chi connectivity index (χ1v) is 5.66. The van der Waals surface area contributed by atoms with Crippen LogP contribution in [0.25, 0.3) is 0 Å². The van der Waals surface area contributed by atoms with Crippen molar-refractivity contribution in [3.63, 3.8) is 0 Å². The van der Waals surface area contributed by atoms with Crippen LogP contribution in [0.5, 0.6) is 0 Å². The molecule has 0 bridgehead atoms. The van der Waals surface area contributed by atoms with Gasteiger partial charge in [0.05, 0.1) is 12.1 Å². The highest BCUT2D eigenvalue weighted by molar-refractivity contribution is 5.94. The first-order chi connectivity index (χ1) is 8.49. The van der Waals surface area contributed by atoms with Crippen LogP contribution in [-0.4, -0.2) is 24.7 Å². The molecule has 1 aliphatic rings. The fourth-order valence-corrected chi connectivity index (χ4v) is 1.89. The lowest BCUT2D eigenvalue weighted by atomic mass is 10.1. The quantitative estimate of drug-likeness (QED) is 0.787. The maximum Gasteiger partial charge on any atom is 0.251 e. The predicted octanol–water partition coefficient (Wildman–Crippen LogP) is 1.45. The van der Waals surface area contributed by atoms with Crippen molar-refractivity contribution in [1.82, 2.24) is 5.32 Å². The van der Waals surface area contributed by atoms with Gasteiger partial charge in [0.2, 0.25) is 0 Å². The number of halogens is 2. The Morgan fingerprint density at radius 1 is 1.44 bits per heavy atom. The zero-order valence-electron chi connectivity index (χ0n) is 9.87. The fourth-order valence-electron chi connectivity index (χ4n) is 1.89. The Balaban J connectivity index is 2.14. The van der Waals surface area contributed by atoms with Crippen molar-refractivity contribution in [2.24, 2.45) is 0 Å². The molecular weight excluding hydrogens is 242 g/mol. The van der Waals surface area contributed by atoms with Crippen LogP contribution < -0.4 is 11.1 Å². The molecular formula is C12H14F2N2O2. The molecule has 1 aromatic carbocycles. The molecule has 0 spiro atoms. The molecule has 1 aromatic rings. The van der Waals surface area contributed by atoms with E-state index in [1.165, 1.54) is 0 Å². The number of nitrogens with two attached hydrogens (primary N) is 1. The SMILES string of the molecule is CC1OCCC1NC(=O)c1cc(F)c(N)c(F)c1. The smallest absolute Gasteiger partial charge is 0.251 e. The Hall–Kier alpha value is -1.69. The van der Waals surface area contributed by atoms with Gasteiger partial charge in [0.15, 0.2) is 0 Å². The van der Waals surface area contributed by atoms with Gasteiger partial charge in [0.25, 0.3) is 5.91 Å². The number of benzene rings is 1. The molecule has 6 heteroatoms. The van der Waals surface area contributed by atoms with E-state index in [1.807, 2.05) is 6.92 Å². The number of anilines is 1. The number of nitrogens with one attached hydrogen (secondary N) is 1. The van der Waals surface area contributed by atoms with Crippen molar-refractivity contribution in [2.75, 3.05) is 12.3 Å². The van der Waals surface area contributed by atoms with E-state index in [0.29, 0.717) is 13.0 Å². The second kappa shape index (κ2) is 4.89. The summed E-state index contributed by atoms with van der Waals surface area (Å²) < 4.78 is 31.7. The minimum absolute atomic E-state index is 0.0849. The van der Waals surface area contributed by atoms with Crippen LogP contribution >= 0.6 is 0 Å². The fraction of sp³-hybridized carbons (Fsp3) is 0.417. The monoisotopic (exact) mass is 256 g/mol. The average Bonchev–Trinajstić information content (AvgIpc) is 2.71. The minimum Gasteiger partial charge on any atom is -0.394 e. The van der Waals surface area contributed by atoms with Gasteiger partial charge in [-0.25, -0.2) is 8.78 Å². The van der Waals surface area contributed by atoms with Crippen LogP contribution in [0, 0.1) is 11.6 Å². The first kappa shape index (κ1) is 12.8. The van der Waals surface area contributed by atoms with Gasteiger partial charge >= 0.3 is 0 Å². The highest BCUT2D eigenvalue weighted by atomic mass is 19.1. The number of ether oxygens (including phenoxy) is 1. The van der Waals surface area contributed by atoms with E-state index in [4.69, 9.17) is 10.5 Å². The van der Waals surface area contributed by atoms with E-state index < -0.39 is 23.2 Å². The van der Waals surface area contributed by atoms with Crippen LogP contribution in [-0.2, 0) is 4.74 Å². The largest absolute Gasteiger partial charge is 0.394 e. The zero-order valence-corrected chi connectivity index (χ0v) is 9.87. The molecule has 4 nitrogen and oxygen atoms in total. The van der Waals surface area contributed by atoms with E-state index in [2.05, 4.69) is 5.32 Å².